The quantitative estimate of drug-likeness (QED) is 0.234. The molecule has 1 aromatic heterocycles. The summed E-state index contributed by atoms with van der Waals surface area (Å²) in [5.41, 5.74) is 2.27. The highest BCUT2D eigenvalue weighted by atomic mass is 19.1. The van der Waals surface area contributed by atoms with Crippen LogP contribution in [0.2, 0.25) is 0 Å². The number of ether oxygens (including phenoxy) is 3. The van der Waals surface area contributed by atoms with Crippen molar-refractivity contribution in [3.05, 3.63) is 103 Å². The van der Waals surface area contributed by atoms with Gasteiger partial charge in [0.25, 0.3) is 0 Å². The molecule has 0 aliphatic carbocycles. The van der Waals surface area contributed by atoms with Gasteiger partial charge in [-0.3, -0.25) is 14.7 Å². The summed E-state index contributed by atoms with van der Waals surface area (Å²) in [6.07, 6.45) is 3.53. The lowest BCUT2D eigenvalue weighted by Crippen LogP contribution is -2.41. The minimum absolute atomic E-state index is 0.0330. The van der Waals surface area contributed by atoms with Gasteiger partial charge >= 0.3 is 0 Å². The maximum atomic E-state index is 15.3. The number of amides is 1. The van der Waals surface area contributed by atoms with Crippen molar-refractivity contribution < 1.29 is 23.4 Å². The lowest BCUT2D eigenvalue weighted by atomic mass is 9.98. The predicted octanol–water partition coefficient (Wildman–Crippen LogP) is 6.80. The number of benzene rings is 2. The highest BCUT2D eigenvalue weighted by Crippen LogP contribution is 2.38. The number of methoxy groups -OCH3 is 1. The summed E-state index contributed by atoms with van der Waals surface area (Å²) in [5, 5.41) is 3.36. The molecule has 1 aliphatic heterocycles. The Bertz CT molecular complexity index is 1600. The number of aromatic nitrogens is 1. The van der Waals surface area contributed by atoms with E-state index >= 15 is 4.39 Å². The summed E-state index contributed by atoms with van der Waals surface area (Å²) >= 11 is 0. The minimum Gasteiger partial charge on any atom is -0.493 e. The number of nitrogens with zero attached hydrogens (tertiary/aromatic N) is 2. The van der Waals surface area contributed by atoms with E-state index in [4.69, 9.17) is 14.2 Å². The van der Waals surface area contributed by atoms with E-state index in [1.807, 2.05) is 72.8 Å². The second kappa shape index (κ2) is 14.5. The summed E-state index contributed by atoms with van der Waals surface area (Å²) in [7, 11) is 3.25. The molecule has 0 saturated carbocycles. The van der Waals surface area contributed by atoms with E-state index in [1.54, 1.807) is 32.5 Å². The van der Waals surface area contributed by atoms with E-state index in [2.05, 4.69) is 15.2 Å². The fourth-order valence-corrected chi connectivity index (χ4v) is 5.06. The Morgan fingerprint density at radius 3 is 2.28 bits per heavy atom. The van der Waals surface area contributed by atoms with Crippen LogP contribution in [0.5, 0.6) is 23.0 Å². The number of hydrogen-bond acceptors (Lipinski definition) is 6. The number of pyridine rings is 1. The molecule has 1 N–H and O–H groups in total. The zero-order chi connectivity index (χ0) is 30.0. The van der Waals surface area contributed by atoms with Gasteiger partial charge in [-0.1, -0.05) is 60.7 Å². The van der Waals surface area contributed by atoms with Gasteiger partial charge < -0.3 is 19.5 Å². The van der Waals surface area contributed by atoms with E-state index in [1.165, 1.54) is 6.07 Å². The zero-order valence-corrected chi connectivity index (χ0v) is 24.5. The van der Waals surface area contributed by atoms with E-state index in [0.717, 1.165) is 37.1 Å². The molecule has 1 fully saturated rings. The Hall–Kier alpha value is -4.69. The third-order valence-electron chi connectivity index (χ3n) is 7.52. The van der Waals surface area contributed by atoms with Crippen LogP contribution < -0.4 is 19.5 Å². The molecule has 43 heavy (non-hydrogen) atoms. The fourth-order valence-electron chi connectivity index (χ4n) is 5.06. The molecule has 1 amide bonds. The average molecular weight is 582 g/mol. The molecule has 1 saturated heterocycles. The summed E-state index contributed by atoms with van der Waals surface area (Å²) in [6.45, 7) is 2.68. The standard InChI is InChI=1S/C35H36FN3O4/c1-37-35(40)23-39-18-15-25(16-19-39)24-42-34-22-30-28(21-33(34)41-2)31(14-17-38-30)43-32-13-12-27(20-29(32)36)26-10-8-6-4-3-5-7-9-11-26/h3-14,17,20-22,25H,15-16,18-19,23-24H2,1-2H3,(H,37,40). The first-order chi connectivity index (χ1) is 21.0. The normalized spacial score (nSPS) is 13.7. The lowest BCUT2D eigenvalue weighted by molar-refractivity contribution is -0.122. The highest BCUT2D eigenvalue weighted by molar-refractivity contribution is 5.88. The molecule has 2 heterocycles. The summed E-state index contributed by atoms with van der Waals surface area (Å²) < 4.78 is 33.2. The summed E-state index contributed by atoms with van der Waals surface area (Å²) in [4.78, 5) is 18.3. The number of rotatable bonds is 9. The average Bonchev–Trinajstić information content (AvgIpc) is 3.03. The minimum atomic E-state index is -0.471. The van der Waals surface area contributed by atoms with Crippen molar-refractivity contribution >= 4 is 16.8 Å². The van der Waals surface area contributed by atoms with E-state index in [9.17, 15) is 4.79 Å². The molecule has 5 rings (SSSR count). The van der Waals surface area contributed by atoms with Gasteiger partial charge in [0.15, 0.2) is 23.1 Å². The van der Waals surface area contributed by atoms with Gasteiger partial charge in [-0.25, -0.2) is 4.39 Å². The van der Waals surface area contributed by atoms with Gasteiger partial charge in [0, 0.05) is 24.7 Å². The maximum absolute atomic E-state index is 15.3. The second-order valence-electron chi connectivity index (χ2n) is 10.4. The maximum Gasteiger partial charge on any atom is 0.233 e. The van der Waals surface area contributed by atoms with Gasteiger partial charge in [-0.2, -0.15) is 0 Å². The van der Waals surface area contributed by atoms with Crippen LogP contribution in [0.25, 0.3) is 22.0 Å². The largest absolute Gasteiger partial charge is 0.493 e. The zero-order valence-electron chi connectivity index (χ0n) is 24.5. The highest BCUT2D eigenvalue weighted by Gasteiger charge is 2.22. The van der Waals surface area contributed by atoms with Crippen LogP contribution in [0.3, 0.4) is 0 Å². The molecular formula is C35H36FN3O4. The molecule has 1 aliphatic rings. The Kier molecular flexibility index (Phi) is 10.0. The number of likely N-dealkylation sites (tertiary alicyclic amines) is 1. The Labute approximate surface area is 251 Å². The number of nitrogens with one attached hydrogen (secondary N) is 1. The van der Waals surface area contributed by atoms with Crippen molar-refractivity contribution in [2.75, 3.05) is 40.4 Å². The van der Waals surface area contributed by atoms with Gasteiger partial charge in [-0.15, -0.1) is 0 Å². The number of piperidine rings is 1. The Morgan fingerprint density at radius 1 is 0.884 bits per heavy atom. The van der Waals surface area contributed by atoms with Crippen molar-refractivity contribution in [2.24, 2.45) is 5.92 Å². The van der Waals surface area contributed by atoms with Crippen LogP contribution in [-0.2, 0) is 4.79 Å². The van der Waals surface area contributed by atoms with Crippen LogP contribution in [0.4, 0.5) is 4.39 Å². The number of fused-ring (bicyclic) bond motifs is 1. The van der Waals surface area contributed by atoms with Crippen LogP contribution in [0, 0.1) is 11.7 Å². The van der Waals surface area contributed by atoms with Gasteiger partial charge in [0.05, 0.1) is 25.8 Å². The fraction of sp³-hybridized carbons (Fsp3) is 0.257. The van der Waals surface area contributed by atoms with Gasteiger partial charge in [-0.05, 0) is 67.2 Å². The van der Waals surface area contributed by atoms with E-state index in [0.29, 0.717) is 47.2 Å². The van der Waals surface area contributed by atoms with E-state index < -0.39 is 5.82 Å². The number of halogens is 1. The third-order valence-corrected chi connectivity index (χ3v) is 7.52. The molecule has 0 radical (unpaired) electrons. The molecule has 0 bridgehead atoms. The Morgan fingerprint density at radius 2 is 1.60 bits per heavy atom. The van der Waals surface area contributed by atoms with Crippen molar-refractivity contribution in [3.63, 3.8) is 0 Å². The molecule has 0 unspecified atom stereocenters. The van der Waals surface area contributed by atoms with Crippen LogP contribution in [-0.4, -0.2) is 56.2 Å². The molecule has 7 nitrogen and oxygen atoms in total. The van der Waals surface area contributed by atoms with Crippen LogP contribution >= 0.6 is 0 Å². The van der Waals surface area contributed by atoms with Gasteiger partial charge in [0.2, 0.25) is 5.91 Å². The first kappa shape index (κ1) is 29.8. The van der Waals surface area contributed by atoms with Crippen molar-refractivity contribution in [3.8, 4) is 34.1 Å². The lowest BCUT2D eigenvalue weighted by Gasteiger charge is -2.31. The molecule has 222 valence electrons. The number of carbonyl (C=O) groups is 1. The third kappa shape index (κ3) is 7.78. The molecule has 0 atom stereocenters. The number of hydrogen-bond donors (Lipinski definition) is 1. The first-order valence-electron chi connectivity index (χ1n) is 14.4. The molecule has 3 aromatic carbocycles. The second-order valence-corrected chi connectivity index (χ2v) is 10.4. The van der Waals surface area contributed by atoms with Crippen molar-refractivity contribution in [2.45, 2.75) is 12.8 Å². The molecular weight excluding hydrogens is 545 g/mol. The Balaban J connectivity index is 1.31. The molecule has 4 aromatic rings. The monoisotopic (exact) mass is 581 g/mol. The number of carbonyl (C=O) groups excluding carboxylic acids is 1. The summed E-state index contributed by atoms with van der Waals surface area (Å²) in [6, 6.07) is 27.7. The first-order valence-corrected chi connectivity index (χ1v) is 14.4. The van der Waals surface area contributed by atoms with Crippen molar-refractivity contribution in [1.29, 1.82) is 0 Å². The van der Waals surface area contributed by atoms with Crippen molar-refractivity contribution in [1.82, 2.24) is 15.2 Å². The SMILES string of the molecule is CNC(=O)CN1CCC(COc2cc3nccc(Oc4ccc(-c5ccccccccc5)cc4F)c3cc2OC)CC1. The van der Waals surface area contributed by atoms with Crippen LogP contribution in [0.1, 0.15) is 12.8 Å². The van der Waals surface area contributed by atoms with Gasteiger partial charge in [0.1, 0.15) is 5.75 Å². The van der Waals surface area contributed by atoms with E-state index in [-0.39, 0.29) is 11.7 Å². The van der Waals surface area contributed by atoms with Crippen LogP contribution in [0.15, 0.2) is 97.2 Å². The predicted molar refractivity (Wildman–Crippen MR) is 167 cm³/mol. The summed E-state index contributed by atoms with van der Waals surface area (Å²) in [5.74, 6) is 1.65. The smallest absolute Gasteiger partial charge is 0.233 e. The molecule has 8 heteroatoms. The topological polar surface area (TPSA) is 72.9 Å². The molecule has 0 spiro atoms. The number of likely N-dealkylation sites (N-methyl/N-ethyl adjacent to an activating group) is 1.